The van der Waals surface area contributed by atoms with Gasteiger partial charge < -0.3 is 11.1 Å². The Morgan fingerprint density at radius 1 is 1.38 bits per heavy atom. The molecule has 3 unspecified atom stereocenters. The zero-order valence-corrected chi connectivity index (χ0v) is 8.71. The van der Waals surface area contributed by atoms with Crippen molar-refractivity contribution in [3.05, 3.63) is 0 Å². The maximum Gasteiger partial charge on any atom is 0.224 e. The number of carbonyl (C=O) groups excluding carboxylic acids is 1. The van der Waals surface area contributed by atoms with Crippen molar-refractivity contribution in [1.29, 1.82) is 0 Å². The molecule has 0 radical (unpaired) electrons. The first-order valence-electron chi connectivity index (χ1n) is 5.08. The summed E-state index contributed by atoms with van der Waals surface area (Å²) in [5, 5.41) is 3.00. The summed E-state index contributed by atoms with van der Waals surface area (Å²) < 4.78 is 0. The second-order valence-electron chi connectivity index (χ2n) is 4.28. The fraction of sp³-hybridized carbons (Fsp3) is 0.900. The summed E-state index contributed by atoms with van der Waals surface area (Å²) in [6.07, 6.45) is 2.52. The molecule has 3 atom stereocenters. The number of nitrogens with one attached hydrogen (secondary N) is 1. The third-order valence-electron chi connectivity index (χ3n) is 2.90. The van der Waals surface area contributed by atoms with Crippen molar-refractivity contribution >= 4 is 5.91 Å². The van der Waals surface area contributed by atoms with Crippen LogP contribution in [0.5, 0.6) is 0 Å². The minimum absolute atomic E-state index is 0.0635. The van der Waals surface area contributed by atoms with Gasteiger partial charge in [0.05, 0.1) is 0 Å². The van der Waals surface area contributed by atoms with Gasteiger partial charge in [-0.3, -0.25) is 4.79 Å². The van der Waals surface area contributed by atoms with E-state index in [0.29, 0.717) is 12.0 Å². The van der Waals surface area contributed by atoms with Crippen molar-refractivity contribution in [3.63, 3.8) is 0 Å². The summed E-state index contributed by atoms with van der Waals surface area (Å²) in [5.41, 5.74) is 5.64. The molecular formula is C10H20N2O. The van der Waals surface area contributed by atoms with Gasteiger partial charge in [0.15, 0.2) is 0 Å². The lowest BCUT2D eigenvalue weighted by atomic mass is 10.0. The van der Waals surface area contributed by atoms with E-state index in [2.05, 4.69) is 12.2 Å². The van der Waals surface area contributed by atoms with Crippen LogP contribution in [-0.2, 0) is 4.79 Å². The van der Waals surface area contributed by atoms with E-state index in [1.165, 1.54) is 12.8 Å². The van der Waals surface area contributed by atoms with Crippen LogP contribution in [0.15, 0.2) is 0 Å². The molecule has 1 saturated carbocycles. The minimum Gasteiger partial charge on any atom is -0.353 e. The molecule has 1 aliphatic carbocycles. The number of amides is 1. The van der Waals surface area contributed by atoms with E-state index < -0.39 is 0 Å². The van der Waals surface area contributed by atoms with Gasteiger partial charge in [0.1, 0.15) is 0 Å². The third kappa shape index (κ3) is 2.99. The van der Waals surface area contributed by atoms with Crippen LogP contribution in [0.1, 0.15) is 33.6 Å². The summed E-state index contributed by atoms with van der Waals surface area (Å²) in [5.74, 6) is 0.722. The standard InChI is InChI=1S/C10H20N2O/c1-6(7(2)11)10(13)12-8(3)9-4-5-9/h6-9H,4-5,11H2,1-3H3,(H,12,13). The first-order chi connectivity index (χ1) is 6.02. The smallest absolute Gasteiger partial charge is 0.224 e. The highest BCUT2D eigenvalue weighted by Gasteiger charge is 2.30. The van der Waals surface area contributed by atoms with Crippen LogP contribution in [0.25, 0.3) is 0 Å². The highest BCUT2D eigenvalue weighted by Crippen LogP contribution is 2.32. The van der Waals surface area contributed by atoms with Gasteiger partial charge in [0.25, 0.3) is 0 Å². The van der Waals surface area contributed by atoms with Crippen LogP contribution < -0.4 is 11.1 Å². The SMILES string of the molecule is CC(N)C(C)C(=O)NC(C)C1CC1. The molecule has 1 rings (SSSR count). The molecule has 3 heteroatoms. The molecule has 0 saturated heterocycles. The summed E-state index contributed by atoms with van der Waals surface area (Å²) in [4.78, 5) is 11.5. The Hall–Kier alpha value is -0.570. The fourth-order valence-electron chi connectivity index (χ4n) is 1.31. The normalized spacial score (nSPS) is 23.4. The number of rotatable bonds is 4. The zero-order chi connectivity index (χ0) is 10.0. The van der Waals surface area contributed by atoms with Crippen molar-refractivity contribution in [3.8, 4) is 0 Å². The van der Waals surface area contributed by atoms with Gasteiger partial charge in [-0.15, -0.1) is 0 Å². The lowest BCUT2D eigenvalue weighted by Crippen LogP contribution is -2.43. The largest absolute Gasteiger partial charge is 0.353 e. The van der Waals surface area contributed by atoms with Gasteiger partial charge >= 0.3 is 0 Å². The van der Waals surface area contributed by atoms with Crippen LogP contribution in [0.4, 0.5) is 0 Å². The van der Waals surface area contributed by atoms with E-state index in [4.69, 9.17) is 5.73 Å². The highest BCUT2D eigenvalue weighted by molar-refractivity contribution is 5.79. The Bertz CT molecular complexity index is 187. The Morgan fingerprint density at radius 3 is 2.31 bits per heavy atom. The van der Waals surface area contributed by atoms with E-state index in [9.17, 15) is 4.79 Å². The average molecular weight is 184 g/mol. The highest BCUT2D eigenvalue weighted by atomic mass is 16.1. The molecule has 0 spiro atoms. The topological polar surface area (TPSA) is 55.1 Å². The Balaban J connectivity index is 2.30. The second-order valence-corrected chi connectivity index (χ2v) is 4.28. The molecule has 3 N–H and O–H groups in total. The van der Waals surface area contributed by atoms with E-state index in [1.807, 2.05) is 13.8 Å². The number of nitrogens with two attached hydrogens (primary N) is 1. The molecular weight excluding hydrogens is 164 g/mol. The van der Waals surface area contributed by atoms with Crippen molar-refractivity contribution in [2.45, 2.75) is 45.7 Å². The Kier molecular flexibility index (Phi) is 3.31. The first-order valence-corrected chi connectivity index (χ1v) is 5.08. The predicted molar refractivity (Wildman–Crippen MR) is 53.1 cm³/mol. The van der Waals surface area contributed by atoms with Crippen molar-refractivity contribution < 1.29 is 4.79 Å². The van der Waals surface area contributed by atoms with E-state index in [-0.39, 0.29) is 17.9 Å². The van der Waals surface area contributed by atoms with Crippen LogP contribution in [0.3, 0.4) is 0 Å². The lowest BCUT2D eigenvalue weighted by Gasteiger charge is -2.19. The summed E-state index contributed by atoms with van der Waals surface area (Å²) >= 11 is 0. The van der Waals surface area contributed by atoms with Crippen LogP contribution in [0, 0.1) is 11.8 Å². The molecule has 0 aromatic carbocycles. The van der Waals surface area contributed by atoms with Crippen LogP contribution >= 0.6 is 0 Å². The molecule has 0 aromatic rings. The molecule has 0 aromatic heterocycles. The minimum atomic E-state index is -0.0822. The molecule has 76 valence electrons. The second kappa shape index (κ2) is 4.09. The number of carbonyl (C=O) groups is 1. The van der Waals surface area contributed by atoms with Crippen molar-refractivity contribution in [2.75, 3.05) is 0 Å². The molecule has 13 heavy (non-hydrogen) atoms. The molecule has 0 bridgehead atoms. The predicted octanol–water partition coefficient (Wildman–Crippen LogP) is 0.884. The molecule has 0 aliphatic heterocycles. The summed E-state index contributed by atoms with van der Waals surface area (Å²) in [6, 6.07) is 0.264. The molecule has 1 amide bonds. The Morgan fingerprint density at radius 2 is 1.92 bits per heavy atom. The van der Waals surface area contributed by atoms with Crippen LogP contribution in [0.2, 0.25) is 0 Å². The fourth-order valence-corrected chi connectivity index (χ4v) is 1.31. The first kappa shape index (κ1) is 10.5. The zero-order valence-electron chi connectivity index (χ0n) is 8.71. The van der Waals surface area contributed by atoms with Gasteiger partial charge in [0, 0.05) is 18.0 Å². The third-order valence-corrected chi connectivity index (χ3v) is 2.90. The van der Waals surface area contributed by atoms with E-state index in [1.54, 1.807) is 0 Å². The van der Waals surface area contributed by atoms with E-state index >= 15 is 0 Å². The number of hydrogen-bond donors (Lipinski definition) is 2. The van der Waals surface area contributed by atoms with Gasteiger partial charge in [0.2, 0.25) is 5.91 Å². The molecule has 1 aliphatic rings. The molecule has 1 fully saturated rings. The van der Waals surface area contributed by atoms with Gasteiger partial charge in [-0.2, -0.15) is 0 Å². The monoisotopic (exact) mass is 184 g/mol. The summed E-state index contributed by atoms with van der Waals surface area (Å²) in [7, 11) is 0. The summed E-state index contributed by atoms with van der Waals surface area (Å²) in [6.45, 7) is 5.81. The average Bonchev–Trinajstić information content (AvgIpc) is 2.84. The quantitative estimate of drug-likeness (QED) is 0.681. The van der Waals surface area contributed by atoms with Gasteiger partial charge in [-0.1, -0.05) is 6.92 Å². The molecule has 0 heterocycles. The maximum atomic E-state index is 11.5. The lowest BCUT2D eigenvalue weighted by molar-refractivity contribution is -0.125. The van der Waals surface area contributed by atoms with Gasteiger partial charge in [-0.25, -0.2) is 0 Å². The van der Waals surface area contributed by atoms with Crippen molar-refractivity contribution in [2.24, 2.45) is 17.6 Å². The maximum absolute atomic E-state index is 11.5. The number of hydrogen-bond acceptors (Lipinski definition) is 2. The van der Waals surface area contributed by atoms with E-state index in [0.717, 1.165) is 0 Å². The Labute approximate surface area is 80.1 Å². The van der Waals surface area contributed by atoms with Crippen LogP contribution in [-0.4, -0.2) is 18.0 Å². The van der Waals surface area contributed by atoms with Crippen molar-refractivity contribution in [1.82, 2.24) is 5.32 Å². The molecule has 3 nitrogen and oxygen atoms in total. The van der Waals surface area contributed by atoms with Gasteiger partial charge in [-0.05, 0) is 32.6 Å².